The molecule has 0 bridgehead atoms. The zero-order chi connectivity index (χ0) is 12.3. The summed E-state index contributed by atoms with van der Waals surface area (Å²) in [5.41, 5.74) is -0.655. The summed E-state index contributed by atoms with van der Waals surface area (Å²) in [6, 6.07) is 6.93. The lowest BCUT2D eigenvalue weighted by atomic mass is 10.0. The second kappa shape index (κ2) is 4.96. The van der Waals surface area contributed by atoms with Crippen molar-refractivity contribution in [1.82, 2.24) is 5.32 Å². The molecule has 90 valence electrons. The molecule has 1 heterocycles. The number of ketones is 1. The van der Waals surface area contributed by atoms with E-state index in [0.29, 0.717) is 24.5 Å². The van der Waals surface area contributed by atoms with Gasteiger partial charge in [-0.1, -0.05) is 23.7 Å². The van der Waals surface area contributed by atoms with Crippen LogP contribution in [0, 0.1) is 0 Å². The Kier molecular flexibility index (Phi) is 3.57. The predicted octanol–water partition coefficient (Wildman–Crippen LogP) is 0.967. The fraction of sp³-hybridized carbons (Fsp3) is 0.333. The maximum absolute atomic E-state index is 12.0. The second-order valence-corrected chi connectivity index (χ2v) is 4.29. The van der Waals surface area contributed by atoms with Gasteiger partial charge in [0, 0.05) is 18.0 Å². The van der Waals surface area contributed by atoms with Crippen molar-refractivity contribution in [2.24, 2.45) is 0 Å². The first-order chi connectivity index (χ1) is 8.16. The van der Waals surface area contributed by atoms with E-state index in [1.165, 1.54) is 0 Å². The van der Waals surface area contributed by atoms with Crippen molar-refractivity contribution in [1.29, 1.82) is 0 Å². The molecular formula is C12H12ClNO3. The highest BCUT2D eigenvalue weighted by Gasteiger charge is 2.41. The minimum Gasteiger partial charge on any atom is -0.346 e. The van der Waals surface area contributed by atoms with Gasteiger partial charge in [-0.15, -0.1) is 0 Å². The Balaban J connectivity index is 2.10. The van der Waals surface area contributed by atoms with Gasteiger partial charge in [0.05, 0.1) is 6.61 Å². The number of ether oxygens (including phenoxy) is 1. The first-order valence-corrected chi connectivity index (χ1v) is 5.67. The van der Waals surface area contributed by atoms with Gasteiger partial charge in [0.2, 0.25) is 5.72 Å². The average Bonchev–Trinajstić information content (AvgIpc) is 2.82. The molecule has 1 aromatic rings. The molecule has 1 aliphatic heterocycles. The first kappa shape index (κ1) is 12.2. The van der Waals surface area contributed by atoms with Gasteiger partial charge < -0.3 is 4.74 Å². The van der Waals surface area contributed by atoms with Gasteiger partial charge >= 0.3 is 0 Å². The van der Waals surface area contributed by atoms with Crippen LogP contribution in [0.15, 0.2) is 24.3 Å². The standard InChI is InChI=1S/C12H12ClNO3/c13-10-3-1-9(2-4-10)7-11(16)12(8-15)14-5-6-17-12/h1-4,8,14H,5-7H2. The third-order valence-electron chi connectivity index (χ3n) is 2.68. The first-order valence-electron chi connectivity index (χ1n) is 5.29. The number of carbonyl (C=O) groups is 2. The van der Waals surface area contributed by atoms with Crippen molar-refractivity contribution in [2.75, 3.05) is 13.2 Å². The predicted molar refractivity (Wildman–Crippen MR) is 62.9 cm³/mol. The Morgan fingerprint density at radius 2 is 2.18 bits per heavy atom. The van der Waals surface area contributed by atoms with Gasteiger partial charge in [-0.3, -0.25) is 14.9 Å². The van der Waals surface area contributed by atoms with E-state index in [2.05, 4.69) is 5.32 Å². The maximum atomic E-state index is 12.0. The van der Waals surface area contributed by atoms with Crippen LogP contribution in [0.5, 0.6) is 0 Å². The monoisotopic (exact) mass is 253 g/mol. The summed E-state index contributed by atoms with van der Waals surface area (Å²) < 4.78 is 5.19. The summed E-state index contributed by atoms with van der Waals surface area (Å²) in [4.78, 5) is 23.0. The quantitative estimate of drug-likeness (QED) is 0.642. The SMILES string of the molecule is O=CC1(C(=O)Cc2ccc(Cl)cc2)NCCO1. The van der Waals surface area contributed by atoms with Crippen LogP contribution in [-0.4, -0.2) is 30.9 Å². The van der Waals surface area contributed by atoms with Crippen molar-refractivity contribution in [3.05, 3.63) is 34.9 Å². The van der Waals surface area contributed by atoms with Gasteiger partial charge in [0.1, 0.15) is 0 Å². The number of hydrogen-bond donors (Lipinski definition) is 1. The van der Waals surface area contributed by atoms with E-state index >= 15 is 0 Å². The number of benzene rings is 1. The van der Waals surface area contributed by atoms with Crippen LogP contribution in [0.25, 0.3) is 0 Å². The molecule has 1 fully saturated rings. The van der Waals surface area contributed by atoms with E-state index in [-0.39, 0.29) is 12.2 Å². The smallest absolute Gasteiger partial charge is 0.236 e. The van der Waals surface area contributed by atoms with Gasteiger partial charge in [-0.2, -0.15) is 0 Å². The topological polar surface area (TPSA) is 55.4 Å². The maximum Gasteiger partial charge on any atom is 0.236 e. The number of carbonyl (C=O) groups excluding carboxylic acids is 2. The molecule has 0 radical (unpaired) electrons. The summed E-state index contributed by atoms with van der Waals surface area (Å²) >= 11 is 5.75. The van der Waals surface area contributed by atoms with E-state index in [0.717, 1.165) is 5.56 Å². The van der Waals surface area contributed by atoms with Gasteiger partial charge in [0.15, 0.2) is 12.1 Å². The zero-order valence-corrected chi connectivity index (χ0v) is 9.87. The van der Waals surface area contributed by atoms with Crippen LogP contribution in [0.1, 0.15) is 5.56 Å². The Bertz CT molecular complexity index is 424. The van der Waals surface area contributed by atoms with E-state index in [1.54, 1.807) is 24.3 Å². The van der Waals surface area contributed by atoms with Gasteiger partial charge in [0.25, 0.3) is 0 Å². The van der Waals surface area contributed by atoms with Crippen molar-refractivity contribution in [2.45, 2.75) is 12.1 Å². The Morgan fingerprint density at radius 1 is 1.47 bits per heavy atom. The molecule has 1 saturated heterocycles. The Labute approximate surface area is 104 Å². The zero-order valence-electron chi connectivity index (χ0n) is 9.11. The molecule has 0 aromatic heterocycles. The fourth-order valence-corrected chi connectivity index (χ4v) is 1.87. The van der Waals surface area contributed by atoms with E-state index in [9.17, 15) is 9.59 Å². The molecule has 1 unspecified atom stereocenters. The van der Waals surface area contributed by atoms with Crippen LogP contribution >= 0.6 is 11.6 Å². The van der Waals surface area contributed by atoms with Crippen molar-refractivity contribution >= 4 is 23.7 Å². The van der Waals surface area contributed by atoms with Crippen molar-refractivity contribution < 1.29 is 14.3 Å². The number of rotatable bonds is 4. The van der Waals surface area contributed by atoms with Crippen LogP contribution in [0.2, 0.25) is 5.02 Å². The summed E-state index contributed by atoms with van der Waals surface area (Å²) in [6.45, 7) is 0.871. The molecule has 0 amide bonds. The number of nitrogens with one attached hydrogen (secondary N) is 1. The van der Waals surface area contributed by atoms with Crippen LogP contribution in [0.3, 0.4) is 0 Å². The van der Waals surface area contributed by atoms with E-state index < -0.39 is 5.72 Å². The normalized spacial score (nSPS) is 23.6. The van der Waals surface area contributed by atoms with E-state index in [4.69, 9.17) is 16.3 Å². The lowest BCUT2D eigenvalue weighted by Gasteiger charge is -2.19. The summed E-state index contributed by atoms with van der Waals surface area (Å²) in [5.74, 6) is -0.285. The van der Waals surface area contributed by atoms with Crippen molar-refractivity contribution in [3.63, 3.8) is 0 Å². The molecule has 5 heteroatoms. The van der Waals surface area contributed by atoms with Gasteiger partial charge in [-0.05, 0) is 17.7 Å². The lowest BCUT2D eigenvalue weighted by Crippen LogP contribution is -2.51. The number of hydrogen-bond acceptors (Lipinski definition) is 4. The molecular weight excluding hydrogens is 242 g/mol. The third-order valence-corrected chi connectivity index (χ3v) is 2.93. The molecule has 1 aromatic carbocycles. The summed E-state index contributed by atoms with van der Waals surface area (Å²) in [7, 11) is 0. The van der Waals surface area contributed by atoms with Crippen LogP contribution in [-0.2, 0) is 20.7 Å². The molecule has 0 saturated carbocycles. The fourth-order valence-electron chi connectivity index (χ4n) is 1.74. The molecule has 2 rings (SSSR count). The third kappa shape index (κ3) is 2.54. The molecule has 4 nitrogen and oxygen atoms in total. The highest BCUT2D eigenvalue weighted by molar-refractivity contribution is 6.30. The number of Topliss-reactive ketones (excluding diaryl/α,β-unsaturated/α-hetero) is 1. The summed E-state index contributed by atoms with van der Waals surface area (Å²) in [5, 5.41) is 3.40. The van der Waals surface area contributed by atoms with Gasteiger partial charge in [-0.25, -0.2) is 0 Å². The second-order valence-electron chi connectivity index (χ2n) is 3.86. The minimum atomic E-state index is -1.46. The van der Waals surface area contributed by atoms with Crippen LogP contribution < -0.4 is 5.32 Å². The van der Waals surface area contributed by atoms with Crippen LogP contribution in [0.4, 0.5) is 0 Å². The highest BCUT2D eigenvalue weighted by Crippen LogP contribution is 2.16. The average molecular weight is 254 g/mol. The lowest BCUT2D eigenvalue weighted by molar-refractivity contribution is -0.147. The highest BCUT2D eigenvalue weighted by atomic mass is 35.5. The molecule has 0 aliphatic carbocycles. The molecule has 17 heavy (non-hydrogen) atoms. The molecule has 1 aliphatic rings. The van der Waals surface area contributed by atoms with E-state index in [1.807, 2.05) is 0 Å². The Hall–Kier alpha value is -1.23. The van der Waals surface area contributed by atoms with Crippen molar-refractivity contribution in [3.8, 4) is 0 Å². The largest absolute Gasteiger partial charge is 0.346 e. The number of aldehydes is 1. The molecule has 1 N–H and O–H groups in total. The molecule has 1 atom stereocenters. The summed E-state index contributed by atoms with van der Waals surface area (Å²) in [6.07, 6.45) is 0.668. The Morgan fingerprint density at radius 3 is 2.71 bits per heavy atom. The number of halogens is 1. The minimum absolute atomic E-state index is 0.142. The molecule has 0 spiro atoms.